The van der Waals surface area contributed by atoms with Crippen LogP contribution < -0.4 is 5.32 Å². The van der Waals surface area contributed by atoms with Crippen molar-refractivity contribution in [3.05, 3.63) is 35.9 Å². The first-order chi connectivity index (χ1) is 8.75. The summed E-state index contributed by atoms with van der Waals surface area (Å²) in [6.07, 6.45) is 3.28. The molecule has 1 aromatic rings. The van der Waals surface area contributed by atoms with Crippen molar-refractivity contribution in [1.29, 1.82) is 0 Å². The molecule has 1 aliphatic rings. The number of carbonyl (C=O) groups excluding carboxylic acids is 1. The van der Waals surface area contributed by atoms with Crippen LogP contribution in [0.3, 0.4) is 0 Å². The molecule has 1 amide bonds. The van der Waals surface area contributed by atoms with Gasteiger partial charge < -0.3 is 10.2 Å². The van der Waals surface area contributed by atoms with Gasteiger partial charge in [-0.25, -0.2) is 0 Å². The second-order valence-electron chi connectivity index (χ2n) is 5.06. The zero-order valence-corrected chi connectivity index (χ0v) is 11.1. The van der Waals surface area contributed by atoms with Gasteiger partial charge in [0.2, 0.25) is 5.91 Å². The Balaban J connectivity index is 1.71. The average Bonchev–Trinajstić information content (AvgIpc) is 2.91. The predicted molar refractivity (Wildman–Crippen MR) is 73.4 cm³/mol. The monoisotopic (exact) mass is 246 g/mol. The largest absolute Gasteiger partial charge is 0.342 e. The van der Waals surface area contributed by atoms with Crippen molar-refractivity contribution in [3.8, 4) is 0 Å². The third-order valence-corrected chi connectivity index (χ3v) is 3.45. The summed E-state index contributed by atoms with van der Waals surface area (Å²) in [6.45, 7) is 4.47. The van der Waals surface area contributed by atoms with Crippen molar-refractivity contribution >= 4 is 5.91 Å². The Bertz CT molecular complexity index is 371. The SMILES string of the molecule is CC(Cc1ccccc1)NCC(=O)N1CCCC1. The molecule has 0 aromatic heterocycles. The van der Waals surface area contributed by atoms with E-state index in [2.05, 4.69) is 36.5 Å². The predicted octanol–water partition coefficient (Wildman–Crippen LogP) is 1.83. The van der Waals surface area contributed by atoms with Crippen molar-refractivity contribution in [3.63, 3.8) is 0 Å². The highest BCUT2D eigenvalue weighted by Gasteiger charge is 2.17. The maximum absolute atomic E-state index is 11.9. The Hall–Kier alpha value is -1.35. The van der Waals surface area contributed by atoms with Crippen molar-refractivity contribution in [2.75, 3.05) is 19.6 Å². The van der Waals surface area contributed by atoms with E-state index in [9.17, 15) is 4.79 Å². The van der Waals surface area contributed by atoms with Gasteiger partial charge in [-0.1, -0.05) is 30.3 Å². The molecule has 0 spiro atoms. The third kappa shape index (κ3) is 3.84. The van der Waals surface area contributed by atoms with Crippen LogP contribution in [0.25, 0.3) is 0 Å². The summed E-state index contributed by atoms with van der Waals surface area (Å²) in [7, 11) is 0. The summed E-state index contributed by atoms with van der Waals surface area (Å²) in [4.78, 5) is 13.8. The van der Waals surface area contributed by atoms with E-state index in [1.54, 1.807) is 0 Å². The lowest BCUT2D eigenvalue weighted by Gasteiger charge is -2.18. The Morgan fingerprint density at radius 3 is 2.61 bits per heavy atom. The average molecular weight is 246 g/mol. The first kappa shape index (κ1) is 13.1. The number of amides is 1. The summed E-state index contributed by atoms with van der Waals surface area (Å²) in [5.41, 5.74) is 1.31. The molecule has 1 fully saturated rings. The maximum Gasteiger partial charge on any atom is 0.236 e. The summed E-state index contributed by atoms with van der Waals surface area (Å²) in [5, 5.41) is 3.32. The smallest absolute Gasteiger partial charge is 0.236 e. The first-order valence-electron chi connectivity index (χ1n) is 6.81. The molecule has 3 heteroatoms. The second kappa shape index (κ2) is 6.55. The molecular weight excluding hydrogens is 224 g/mol. The van der Waals surface area contributed by atoms with Crippen LogP contribution in [0.4, 0.5) is 0 Å². The lowest BCUT2D eigenvalue weighted by molar-refractivity contribution is -0.129. The minimum Gasteiger partial charge on any atom is -0.342 e. The summed E-state index contributed by atoms with van der Waals surface area (Å²) in [6, 6.07) is 10.7. The quantitative estimate of drug-likeness (QED) is 0.859. The number of rotatable bonds is 5. The van der Waals surface area contributed by atoms with E-state index in [0.29, 0.717) is 12.6 Å². The van der Waals surface area contributed by atoms with Crippen LogP contribution in [0.5, 0.6) is 0 Å². The molecule has 1 aromatic carbocycles. The molecule has 3 nitrogen and oxygen atoms in total. The number of benzene rings is 1. The molecule has 2 rings (SSSR count). The van der Waals surface area contributed by atoms with Crippen molar-refractivity contribution < 1.29 is 4.79 Å². The molecular formula is C15H22N2O. The number of nitrogens with one attached hydrogen (secondary N) is 1. The van der Waals surface area contributed by atoms with Crippen molar-refractivity contribution in [1.82, 2.24) is 10.2 Å². The molecule has 0 radical (unpaired) electrons. The molecule has 98 valence electrons. The number of hydrogen-bond acceptors (Lipinski definition) is 2. The number of hydrogen-bond donors (Lipinski definition) is 1. The fourth-order valence-corrected chi connectivity index (χ4v) is 2.38. The van der Waals surface area contributed by atoms with Gasteiger partial charge in [0.15, 0.2) is 0 Å². The summed E-state index contributed by atoms with van der Waals surface area (Å²) >= 11 is 0. The van der Waals surface area contributed by atoms with E-state index in [1.165, 1.54) is 5.56 Å². The molecule has 0 bridgehead atoms. The van der Waals surface area contributed by atoms with E-state index in [1.807, 2.05) is 11.0 Å². The van der Waals surface area contributed by atoms with E-state index in [4.69, 9.17) is 0 Å². The van der Waals surface area contributed by atoms with Crippen LogP contribution in [0.15, 0.2) is 30.3 Å². The highest BCUT2D eigenvalue weighted by atomic mass is 16.2. The summed E-state index contributed by atoms with van der Waals surface area (Å²) in [5.74, 6) is 0.243. The van der Waals surface area contributed by atoms with E-state index in [-0.39, 0.29) is 5.91 Å². The Kier molecular flexibility index (Phi) is 4.76. The van der Waals surface area contributed by atoms with Crippen molar-refractivity contribution in [2.45, 2.75) is 32.2 Å². The van der Waals surface area contributed by atoms with Gasteiger partial charge in [-0.15, -0.1) is 0 Å². The molecule has 18 heavy (non-hydrogen) atoms. The second-order valence-corrected chi connectivity index (χ2v) is 5.06. The fourth-order valence-electron chi connectivity index (χ4n) is 2.38. The van der Waals surface area contributed by atoms with E-state index in [0.717, 1.165) is 32.4 Å². The van der Waals surface area contributed by atoms with Gasteiger partial charge in [0.1, 0.15) is 0 Å². The standard InChI is InChI=1S/C15H22N2O/c1-13(11-14-7-3-2-4-8-14)16-12-15(18)17-9-5-6-10-17/h2-4,7-8,13,16H,5-6,9-12H2,1H3. The first-order valence-corrected chi connectivity index (χ1v) is 6.81. The molecule has 1 aliphatic heterocycles. The maximum atomic E-state index is 11.9. The van der Waals surface area contributed by atoms with Gasteiger partial charge in [0, 0.05) is 19.1 Å². The molecule has 0 saturated carbocycles. The molecule has 0 aliphatic carbocycles. The normalized spacial score (nSPS) is 16.8. The van der Waals surface area contributed by atoms with Gasteiger partial charge in [0.25, 0.3) is 0 Å². The van der Waals surface area contributed by atoms with Crippen LogP contribution in [-0.4, -0.2) is 36.5 Å². The lowest BCUT2D eigenvalue weighted by Crippen LogP contribution is -2.40. The number of likely N-dealkylation sites (tertiary alicyclic amines) is 1. The third-order valence-electron chi connectivity index (χ3n) is 3.45. The number of nitrogens with zero attached hydrogens (tertiary/aromatic N) is 1. The highest BCUT2D eigenvalue weighted by Crippen LogP contribution is 2.07. The zero-order chi connectivity index (χ0) is 12.8. The molecule has 1 N–H and O–H groups in total. The minimum atomic E-state index is 0.243. The molecule has 1 atom stereocenters. The van der Waals surface area contributed by atoms with Crippen LogP contribution in [-0.2, 0) is 11.2 Å². The van der Waals surface area contributed by atoms with Crippen LogP contribution in [0.1, 0.15) is 25.3 Å². The molecule has 1 heterocycles. The number of carbonyl (C=O) groups is 1. The van der Waals surface area contributed by atoms with Gasteiger partial charge in [-0.3, -0.25) is 4.79 Å². The Morgan fingerprint density at radius 2 is 1.94 bits per heavy atom. The molecule has 1 unspecified atom stereocenters. The Morgan fingerprint density at radius 1 is 1.28 bits per heavy atom. The van der Waals surface area contributed by atoms with Gasteiger partial charge in [0.05, 0.1) is 6.54 Å². The van der Waals surface area contributed by atoms with Crippen molar-refractivity contribution in [2.24, 2.45) is 0 Å². The van der Waals surface area contributed by atoms with E-state index < -0.39 is 0 Å². The topological polar surface area (TPSA) is 32.3 Å². The fraction of sp³-hybridized carbons (Fsp3) is 0.533. The van der Waals surface area contributed by atoms with Gasteiger partial charge >= 0.3 is 0 Å². The van der Waals surface area contributed by atoms with Crippen LogP contribution in [0, 0.1) is 0 Å². The van der Waals surface area contributed by atoms with Crippen LogP contribution in [0.2, 0.25) is 0 Å². The van der Waals surface area contributed by atoms with E-state index >= 15 is 0 Å². The van der Waals surface area contributed by atoms with Gasteiger partial charge in [-0.05, 0) is 31.7 Å². The highest BCUT2D eigenvalue weighted by molar-refractivity contribution is 5.78. The minimum absolute atomic E-state index is 0.243. The summed E-state index contributed by atoms with van der Waals surface area (Å²) < 4.78 is 0. The lowest BCUT2D eigenvalue weighted by atomic mass is 10.1. The zero-order valence-electron chi connectivity index (χ0n) is 11.1. The molecule has 1 saturated heterocycles. The van der Waals surface area contributed by atoms with Crippen LogP contribution >= 0.6 is 0 Å². The Labute approximate surface area is 109 Å². The van der Waals surface area contributed by atoms with Gasteiger partial charge in [-0.2, -0.15) is 0 Å².